The second-order valence-electron chi connectivity index (χ2n) is 5.01. The molecule has 0 aliphatic heterocycles. The normalized spacial score (nSPS) is 16.2. The van der Waals surface area contributed by atoms with E-state index in [4.69, 9.17) is 0 Å². The Kier molecular flexibility index (Phi) is 4.65. The second-order valence-corrected chi connectivity index (χ2v) is 6.95. The molecule has 1 aliphatic carbocycles. The Bertz CT molecular complexity index is 506. The van der Waals surface area contributed by atoms with E-state index in [0.29, 0.717) is 30.6 Å². The van der Waals surface area contributed by atoms with Crippen molar-refractivity contribution < 1.29 is 8.42 Å². The van der Waals surface area contributed by atoms with Crippen LogP contribution < -0.4 is 5.32 Å². The molecule has 0 spiro atoms. The van der Waals surface area contributed by atoms with E-state index in [1.54, 1.807) is 12.3 Å². The van der Waals surface area contributed by atoms with Gasteiger partial charge in [0.1, 0.15) is 0 Å². The van der Waals surface area contributed by atoms with Crippen LogP contribution in [0, 0.1) is 0 Å². The van der Waals surface area contributed by atoms with Crippen LogP contribution in [0.15, 0.2) is 17.2 Å². The third kappa shape index (κ3) is 3.58. The standard InChI is InChI=1S/C13H23N3O2S/c1-3-7-16(4-2)19(17,18)13-8-12(15-10-13)9-14-11-5-6-11/h8,10-11,14-15H,3-7,9H2,1-2H3. The first-order chi connectivity index (χ1) is 9.07. The van der Waals surface area contributed by atoms with E-state index in [9.17, 15) is 8.42 Å². The molecule has 0 saturated heterocycles. The van der Waals surface area contributed by atoms with Gasteiger partial charge in [0.15, 0.2) is 0 Å². The third-order valence-corrected chi connectivity index (χ3v) is 5.29. The van der Waals surface area contributed by atoms with E-state index >= 15 is 0 Å². The Morgan fingerprint density at radius 2 is 2.16 bits per heavy atom. The fourth-order valence-electron chi connectivity index (χ4n) is 2.06. The summed E-state index contributed by atoms with van der Waals surface area (Å²) in [7, 11) is -3.34. The molecule has 0 atom stereocenters. The molecule has 19 heavy (non-hydrogen) atoms. The first kappa shape index (κ1) is 14.6. The highest BCUT2D eigenvalue weighted by Gasteiger charge is 2.24. The molecule has 0 unspecified atom stereocenters. The Labute approximate surface area is 115 Å². The molecule has 1 aromatic rings. The Morgan fingerprint density at radius 1 is 1.42 bits per heavy atom. The summed E-state index contributed by atoms with van der Waals surface area (Å²) in [4.78, 5) is 3.42. The summed E-state index contributed by atoms with van der Waals surface area (Å²) >= 11 is 0. The molecule has 5 nitrogen and oxygen atoms in total. The maximum Gasteiger partial charge on any atom is 0.244 e. The van der Waals surface area contributed by atoms with Crippen LogP contribution in [-0.4, -0.2) is 36.8 Å². The molecule has 1 fully saturated rings. The second kappa shape index (κ2) is 6.07. The molecule has 108 valence electrons. The monoisotopic (exact) mass is 285 g/mol. The van der Waals surface area contributed by atoms with Gasteiger partial charge >= 0.3 is 0 Å². The lowest BCUT2D eigenvalue weighted by Gasteiger charge is -2.18. The van der Waals surface area contributed by atoms with Gasteiger partial charge in [0.05, 0.1) is 4.90 Å². The summed E-state index contributed by atoms with van der Waals surface area (Å²) in [6, 6.07) is 2.36. The largest absolute Gasteiger partial charge is 0.363 e. The third-order valence-electron chi connectivity index (χ3n) is 3.34. The van der Waals surface area contributed by atoms with E-state index in [-0.39, 0.29) is 0 Å². The van der Waals surface area contributed by atoms with Gasteiger partial charge in [-0.3, -0.25) is 0 Å². The number of sulfonamides is 1. The zero-order valence-corrected chi connectivity index (χ0v) is 12.5. The lowest BCUT2D eigenvalue weighted by Crippen LogP contribution is -2.31. The van der Waals surface area contributed by atoms with Crippen LogP contribution in [-0.2, 0) is 16.6 Å². The molecular formula is C13H23N3O2S. The zero-order chi connectivity index (χ0) is 13.9. The number of hydrogen-bond donors (Lipinski definition) is 2. The van der Waals surface area contributed by atoms with Crippen LogP contribution in [0.2, 0.25) is 0 Å². The van der Waals surface area contributed by atoms with E-state index in [1.165, 1.54) is 17.1 Å². The topological polar surface area (TPSA) is 65.2 Å². The van der Waals surface area contributed by atoms with Gasteiger partial charge in [-0.05, 0) is 25.3 Å². The minimum Gasteiger partial charge on any atom is -0.363 e. The molecule has 1 heterocycles. The summed E-state index contributed by atoms with van der Waals surface area (Å²) in [6.45, 7) is 5.65. The van der Waals surface area contributed by atoms with Crippen molar-refractivity contribution in [2.24, 2.45) is 0 Å². The van der Waals surface area contributed by atoms with E-state index in [0.717, 1.165) is 12.1 Å². The quantitative estimate of drug-likeness (QED) is 0.764. The van der Waals surface area contributed by atoms with Crippen molar-refractivity contribution >= 4 is 10.0 Å². The molecule has 0 bridgehead atoms. The minimum atomic E-state index is -3.34. The average molecular weight is 285 g/mol. The molecule has 1 aliphatic rings. The number of aromatic amines is 1. The maximum atomic E-state index is 12.4. The van der Waals surface area contributed by atoms with Crippen LogP contribution in [0.25, 0.3) is 0 Å². The molecule has 2 N–H and O–H groups in total. The average Bonchev–Trinajstić information content (AvgIpc) is 3.09. The van der Waals surface area contributed by atoms with Crippen LogP contribution in [0.4, 0.5) is 0 Å². The number of nitrogens with zero attached hydrogens (tertiary/aromatic N) is 1. The van der Waals surface area contributed by atoms with Gasteiger partial charge < -0.3 is 10.3 Å². The first-order valence-electron chi connectivity index (χ1n) is 6.98. The molecule has 1 aromatic heterocycles. The molecule has 0 radical (unpaired) electrons. The fourth-order valence-corrected chi connectivity index (χ4v) is 3.62. The Morgan fingerprint density at radius 3 is 2.74 bits per heavy atom. The number of hydrogen-bond acceptors (Lipinski definition) is 3. The first-order valence-corrected chi connectivity index (χ1v) is 8.42. The molecule has 0 amide bonds. The summed E-state index contributed by atoms with van der Waals surface area (Å²) in [6.07, 6.45) is 4.88. The number of H-pyrrole nitrogens is 1. The Hall–Kier alpha value is -0.850. The zero-order valence-electron chi connectivity index (χ0n) is 11.6. The number of rotatable bonds is 8. The molecular weight excluding hydrogens is 262 g/mol. The molecule has 0 aromatic carbocycles. The van der Waals surface area contributed by atoms with Crippen molar-refractivity contribution in [3.63, 3.8) is 0 Å². The predicted octanol–water partition coefficient (Wildman–Crippen LogP) is 1.69. The van der Waals surface area contributed by atoms with Crippen LogP contribution >= 0.6 is 0 Å². The minimum absolute atomic E-state index is 0.371. The SMILES string of the molecule is CCCN(CC)S(=O)(=O)c1c[nH]c(CNC2CC2)c1. The van der Waals surface area contributed by atoms with Crippen molar-refractivity contribution in [1.82, 2.24) is 14.6 Å². The lowest BCUT2D eigenvalue weighted by molar-refractivity contribution is 0.427. The van der Waals surface area contributed by atoms with Crippen LogP contribution in [0.5, 0.6) is 0 Å². The van der Waals surface area contributed by atoms with Gasteiger partial charge in [0.25, 0.3) is 0 Å². The molecule has 2 rings (SSSR count). The van der Waals surface area contributed by atoms with Gasteiger partial charge in [-0.25, -0.2) is 8.42 Å². The fraction of sp³-hybridized carbons (Fsp3) is 0.692. The van der Waals surface area contributed by atoms with Crippen molar-refractivity contribution in [2.45, 2.75) is 50.6 Å². The molecule has 6 heteroatoms. The smallest absolute Gasteiger partial charge is 0.244 e. The van der Waals surface area contributed by atoms with Crippen molar-refractivity contribution in [1.29, 1.82) is 0 Å². The summed E-state index contributed by atoms with van der Waals surface area (Å²) in [5.74, 6) is 0. The number of aromatic nitrogens is 1. The van der Waals surface area contributed by atoms with Crippen molar-refractivity contribution in [2.75, 3.05) is 13.1 Å². The Balaban J connectivity index is 2.06. The maximum absolute atomic E-state index is 12.4. The lowest BCUT2D eigenvalue weighted by atomic mass is 10.4. The van der Waals surface area contributed by atoms with E-state index < -0.39 is 10.0 Å². The highest BCUT2D eigenvalue weighted by atomic mass is 32.2. The van der Waals surface area contributed by atoms with Crippen molar-refractivity contribution in [3.8, 4) is 0 Å². The summed E-state index contributed by atoms with van der Waals surface area (Å²) in [5, 5.41) is 3.37. The van der Waals surface area contributed by atoms with Crippen LogP contribution in [0.3, 0.4) is 0 Å². The number of nitrogens with one attached hydrogen (secondary N) is 2. The van der Waals surface area contributed by atoms with E-state index in [2.05, 4.69) is 10.3 Å². The molecule has 1 saturated carbocycles. The van der Waals surface area contributed by atoms with E-state index in [1.807, 2.05) is 13.8 Å². The van der Waals surface area contributed by atoms with Gasteiger partial charge in [-0.1, -0.05) is 13.8 Å². The van der Waals surface area contributed by atoms with Gasteiger partial charge in [-0.15, -0.1) is 0 Å². The van der Waals surface area contributed by atoms with Gasteiger partial charge in [0.2, 0.25) is 10.0 Å². The van der Waals surface area contributed by atoms with Crippen molar-refractivity contribution in [3.05, 3.63) is 18.0 Å². The van der Waals surface area contributed by atoms with Gasteiger partial charge in [-0.2, -0.15) is 4.31 Å². The highest BCUT2D eigenvalue weighted by molar-refractivity contribution is 7.89. The highest BCUT2D eigenvalue weighted by Crippen LogP contribution is 2.20. The van der Waals surface area contributed by atoms with Crippen LogP contribution in [0.1, 0.15) is 38.8 Å². The summed E-state index contributed by atoms with van der Waals surface area (Å²) in [5.41, 5.74) is 0.929. The summed E-state index contributed by atoms with van der Waals surface area (Å²) < 4.78 is 26.3. The predicted molar refractivity (Wildman–Crippen MR) is 75.4 cm³/mol. The van der Waals surface area contributed by atoms with Gasteiger partial charge in [0, 0.05) is 37.6 Å².